The number of benzene rings is 1. The van der Waals surface area contributed by atoms with E-state index < -0.39 is 56.0 Å². The van der Waals surface area contributed by atoms with Gasteiger partial charge in [-0.25, -0.2) is 0 Å². The molecular weight excluding hydrogens is 660 g/mol. The van der Waals surface area contributed by atoms with Gasteiger partial charge in [0.05, 0.1) is 24.5 Å². The van der Waals surface area contributed by atoms with Crippen LogP contribution in [0.4, 0.5) is 5.69 Å². The molecule has 0 bridgehead atoms. The molecule has 1 aliphatic heterocycles. The summed E-state index contributed by atoms with van der Waals surface area (Å²) in [7, 11) is 0. The first kappa shape index (κ1) is 34.8. The number of nitrogens with zero attached hydrogens (tertiary/aromatic N) is 5. The second-order valence-electron chi connectivity index (χ2n) is 8.93. The summed E-state index contributed by atoms with van der Waals surface area (Å²) in [6.45, 7) is -0.483. The molecule has 0 spiro atoms. The van der Waals surface area contributed by atoms with Crippen LogP contribution >= 0.6 is 0 Å². The summed E-state index contributed by atoms with van der Waals surface area (Å²) in [5, 5.41) is 43.1. The van der Waals surface area contributed by atoms with Crippen LogP contribution in [-0.2, 0) is 24.0 Å². The number of aliphatic carboxylic acids is 4. The van der Waals surface area contributed by atoms with Crippen molar-refractivity contribution >= 4 is 35.5 Å². The molecular formula is C24H32GdN5O9. The van der Waals surface area contributed by atoms with E-state index in [-0.39, 0.29) is 98.8 Å². The molecule has 215 valence electrons. The number of amides is 1. The van der Waals surface area contributed by atoms with Gasteiger partial charge >= 0.3 is 45.9 Å². The van der Waals surface area contributed by atoms with Crippen molar-refractivity contribution in [3.05, 3.63) is 30.3 Å². The molecule has 1 aromatic carbocycles. The third kappa shape index (κ3) is 14.1. The Hall–Kier alpha value is -2.27. The Kier molecular flexibility index (Phi) is 16.2. The monoisotopic (exact) mass is 692 g/mol. The van der Waals surface area contributed by atoms with Crippen LogP contribution in [0.2, 0.25) is 0 Å². The van der Waals surface area contributed by atoms with Crippen molar-refractivity contribution in [2.45, 2.75) is 0 Å². The van der Waals surface area contributed by atoms with Gasteiger partial charge in [-0.15, -0.1) is 0 Å². The van der Waals surface area contributed by atoms with E-state index in [9.17, 15) is 44.4 Å². The molecule has 14 nitrogen and oxygen atoms in total. The average Bonchev–Trinajstić information content (AvgIpc) is 2.83. The van der Waals surface area contributed by atoms with Crippen LogP contribution in [0, 0.1) is 39.9 Å². The van der Waals surface area contributed by atoms with Gasteiger partial charge in [0.1, 0.15) is 6.54 Å². The number of carboxylic acids is 4. The number of para-hydroxylation sites is 1. The third-order valence-electron chi connectivity index (χ3n) is 6.01. The fourth-order valence-electron chi connectivity index (χ4n) is 4.10. The topological polar surface area (TPSA) is 191 Å². The Labute approximate surface area is 258 Å². The number of hydrogen-bond acceptors (Lipinski definition) is 12. The maximum atomic E-state index is 13.2. The van der Waals surface area contributed by atoms with Crippen LogP contribution in [-0.4, -0.2) is 140 Å². The molecule has 0 saturated carbocycles. The smallest absolute Gasteiger partial charge is 0.549 e. The number of carbonyl (C=O) groups is 5. The predicted molar refractivity (Wildman–Crippen MR) is 127 cm³/mol. The summed E-state index contributed by atoms with van der Waals surface area (Å²) in [5.74, 6) is -5.64. The van der Waals surface area contributed by atoms with Gasteiger partial charge in [0, 0.05) is 77.7 Å². The molecule has 1 fully saturated rings. The van der Waals surface area contributed by atoms with Crippen molar-refractivity contribution in [3.8, 4) is 0 Å². The van der Waals surface area contributed by atoms with Crippen molar-refractivity contribution in [1.82, 2.24) is 19.6 Å². The molecule has 1 N–H and O–H groups in total. The molecule has 0 aromatic heterocycles. The molecule has 0 atom stereocenters. The molecule has 1 amide bonds. The number of carboxylic acid groups (broad SMARTS) is 4. The number of anilines is 1. The molecule has 1 aromatic rings. The molecule has 1 heterocycles. The van der Waals surface area contributed by atoms with Gasteiger partial charge in [0.2, 0.25) is 5.91 Å². The van der Waals surface area contributed by atoms with Crippen LogP contribution in [0.15, 0.2) is 30.3 Å². The van der Waals surface area contributed by atoms with Gasteiger partial charge in [-0.3, -0.25) is 29.2 Å². The van der Waals surface area contributed by atoms with Crippen molar-refractivity contribution in [2.75, 3.05) is 90.0 Å². The quantitative estimate of drug-likeness (QED) is 0.232. The maximum absolute atomic E-state index is 13.2. The van der Waals surface area contributed by atoms with Crippen molar-refractivity contribution in [3.63, 3.8) is 0 Å². The Morgan fingerprint density at radius 3 is 1.28 bits per heavy atom. The van der Waals surface area contributed by atoms with Crippen LogP contribution in [0.3, 0.4) is 0 Å². The van der Waals surface area contributed by atoms with Crippen LogP contribution in [0.5, 0.6) is 0 Å². The summed E-state index contributed by atoms with van der Waals surface area (Å²) in [6, 6.07) is 8.30. The van der Waals surface area contributed by atoms with Gasteiger partial charge in [-0.2, -0.15) is 0 Å². The largest absolute Gasteiger partial charge is 3.00 e. The molecule has 0 unspecified atom stereocenters. The normalized spacial score (nSPS) is 16.7. The Balaban J connectivity index is 0.00000760. The molecule has 15 heteroatoms. The third-order valence-corrected chi connectivity index (χ3v) is 6.01. The van der Waals surface area contributed by atoms with Crippen LogP contribution in [0.1, 0.15) is 0 Å². The van der Waals surface area contributed by atoms with E-state index in [2.05, 4.69) is 0 Å². The van der Waals surface area contributed by atoms with Crippen LogP contribution in [0.25, 0.3) is 0 Å². The summed E-state index contributed by atoms with van der Waals surface area (Å²) >= 11 is 0. The second-order valence-corrected chi connectivity index (χ2v) is 8.93. The van der Waals surface area contributed by atoms with Gasteiger partial charge in [-0.1, -0.05) is 18.2 Å². The molecule has 39 heavy (non-hydrogen) atoms. The zero-order valence-electron chi connectivity index (χ0n) is 21.4. The van der Waals surface area contributed by atoms with E-state index in [4.69, 9.17) is 0 Å². The van der Waals surface area contributed by atoms with Gasteiger partial charge in [0.15, 0.2) is 0 Å². The van der Waals surface area contributed by atoms with E-state index in [0.717, 1.165) is 4.90 Å². The summed E-state index contributed by atoms with van der Waals surface area (Å²) in [6.07, 6.45) is 0. The van der Waals surface area contributed by atoms with E-state index >= 15 is 0 Å². The maximum Gasteiger partial charge on any atom is 3.00 e. The minimum absolute atomic E-state index is 0. The standard InChI is InChI=1S/C24H35N5O9.Gd/c30-20(29(18-24(37)38)19-4-2-1-3-5-19)14-25-6-8-26(15-21(31)32)10-12-28(17-23(35)36)13-11-27(9-7-25)16-22(33)34;/h1-5H,6-18H2,(H,31,32)(H,33,34)(H,35,36)(H,37,38);/q;+3/p-3. The fourth-order valence-corrected chi connectivity index (χ4v) is 4.10. The Bertz CT molecular complexity index is 937. The molecule has 1 aliphatic rings. The Morgan fingerprint density at radius 2 is 0.974 bits per heavy atom. The van der Waals surface area contributed by atoms with Crippen LogP contribution < -0.4 is 20.2 Å². The van der Waals surface area contributed by atoms with E-state index in [1.54, 1.807) is 45.0 Å². The Morgan fingerprint density at radius 1 is 0.641 bits per heavy atom. The van der Waals surface area contributed by atoms with E-state index in [1.165, 1.54) is 4.90 Å². The van der Waals surface area contributed by atoms with Gasteiger partial charge in [-0.05, 0) is 12.1 Å². The van der Waals surface area contributed by atoms with Crippen molar-refractivity contribution in [1.29, 1.82) is 0 Å². The number of hydrogen-bond donors (Lipinski definition) is 1. The average molecular weight is 692 g/mol. The number of carbonyl (C=O) groups excluding carboxylic acids is 4. The van der Waals surface area contributed by atoms with Crippen molar-refractivity contribution < 1.29 is 84.3 Å². The van der Waals surface area contributed by atoms with Gasteiger partial charge in [0.25, 0.3) is 0 Å². The molecule has 0 aliphatic carbocycles. The van der Waals surface area contributed by atoms with E-state index in [0.29, 0.717) is 5.69 Å². The fraction of sp³-hybridized carbons (Fsp3) is 0.542. The predicted octanol–water partition coefficient (Wildman–Crippen LogP) is -5.42. The summed E-state index contributed by atoms with van der Waals surface area (Å²) in [4.78, 5) is 65.9. The van der Waals surface area contributed by atoms with Crippen molar-refractivity contribution in [2.24, 2.45) is 0 Å². The first-order valence-electron chi connectivity index (χ1n) is 12.1. The number of rotatable bonds is 11. The zero-order chi connectivity index (χ0) is 28.1. The molecule has 1 radical (unpaired) electrons. The molecule has 2 rings (SSSR count). The summed E-state index contributed by atoms with van der Waals surface area (Å²) < 4.78 is 0. The zero-order valence-corrected chi connectivity index (χ0v) is 23.7. The summed E-state index contributed by atoms with van der Waals surface area (Å²) in [5.41, 5.74) is 0.402. The van der Waals surface area contributed by atoms with Gasteiger partial charge < -0.3 is 39.7 Å². The minimum Gasteiger partial charge on any atom is -0.549 e. The first-order valence-corrected chi connectivity index (χ1v) is 12.1. The first-order chi connectivity index (χ1) is 18.0. The second kappa shape index (κ2) is 18.2. The minimum atomic E-state index is -1.32. The molecule has 1 saturated heterocycles. The SMILES string of the molecule is O=C([O-])CN1CCN(CC(=O)[O-])CCN(CC(=O)N(CC(=O)O)c2ccccc2)CCN(CC(=O)[O-])CC1.[Gd+3]. The van der Waals surface area contributed by atoms with E-state index in [1.807, 2.05) is 0 Å².